The molecule has 2 amide bonds. The fourth-order valence-corrected chi connectivity index (χ4v) is 2.61. The minimum absolute atomic E-state index is 0.219. The Balaban J connectivity index is 1.67. The molecule has 0 saturated carbocycles. The molecule has 0 aliphatic heterocycles. The lowest BCUT2D eigenvalue weighted by molar-refractivity contribution is 0.101. The Kier molecular flexibility index (Phi) is 5.91. The van der Waals surface area contributed by atoms with Crippen molar-refractivity contribution in [2.24, 2.45) is 0 Å². The van der Waals surface area contributed by atoms with Gasteiger partial charge in [-0.3, -0.25) is 9.59 Å². The molecule has 0 unspecified atom stereocenters. The van der Waals surface area contributed by atoms with Crippen molar-refractivity contribution >= 4 is 23.2 Å². The fraction of sp³-hybridized carbons (Fsp3) is 0.0909. The summed E-state index contributed by atoms with van der Waals surface area (Å²) in [5, 5.41) is 5.61. The van der Waals surface area contributed by atoms with E-state index in [0.717, 1.165) is 5.69 Å². The van der Waals surface area contributed by atoms with Crippen LogP contribution in [0.2, 0.25) is 0 Å². The molecule has 0 radical (unpaired) electrons. The molecule has 0 heterocycles. The van der Waals surface area contributed by atoms with Crippen molar-refractivity contribution in [1.82, 2.24) is 0 Å². The Morgan fingerprint density at radius 3 is 1.79 bits per heavy atom. The lowest BCUT2D eigenvalue weighted by Crippen LogP contribution is -2.14. The van der Waals surface area contributed by atoms with Crippen LogP contribution in [0.15, 0.2) is 72.8 Å². The number of para-hydroxylation sites is 1. The molecule has 0 aromatic heterocycles. The van der Waals surface area contributed by atoms with E-state index in [1.54, 1.807) is 42.5 Å². The zero-order chi connectivity index (χ0) is 19.9. The van der Waals surface area contributed by atoms with Gasteiger partial charge in [-0.25, -0.2) is 0 Å². The lowest BCUT2D eigenvalue weighted by atomic mass is 10.1. The summed E-state index contributed by atoms with van der Waals surface area (Å²) in [5.41, 5.74) is 2.23. The summed E-state index contributed by atoms with van der Waals surface area (Å²) in [7, 11) is 3.05. The van der Waals surface area contributed by atoms with E-state index < -0.39 is 0 Å². The van der Waals surface area contributed by atoms with Crippen molar-refractivity contribution in [2.45, 2.75) is 0 Å². The van der Waals surface area contributed by atoms with Gasteiger partial charge in [-0.1, -0.05) is 18.2 Å². The molecule has 0 aliphatic rings. The van der Waals surface area contributed by atoms with E-state index in [4.69, 9.17) is 9.47 Å². The molecule has 0 saturated heterocycles. The molecule has 0 fully saturated rings. The molecule has 3 aromatic carbocycles. The molecule has 142 valence electrons. The van der Waals surface area contributed by atoms with Crippen LogP contribution < -0.4 is 20.1 Å². The van der Waals surface area contributed by atoms with Crippen molar-refractivity contribution in [2.75, 3.05) is 24.9 Å². The Morgan fingerprint density at radius 1 is 0.643 bits per heavy atom. The van der Waals surface area contributed by atoms with Crippen LogP contribution in [0.4, 0.5) is 11.4 Å². The van der Waals surface area contributed by atoms with Gasteiger partial charge in [-0.2, -0.15) is 0 Å². The zero-order valence-corrected chi connectivity index (χ0v) is 15.6. The van der Waals surface area contributed by atoms with Crippen molar-refractivity contribution in [3.05, 3.63) is 83.9 Å². The second-order valence-electron chi connectivity index (χ2n) is 5.92. The van der Waals surface area contributed by atoms with E-state index in [-0.39, 0.29) is 11.8 Å². The molecule has 0 atom stereocenters. The largest absolute Gasteiger partial charge is 0.493 e. The zero-order valence-electron chi connectivity index (χ0n) is 15.6. The van der Waals surface area contributed by atoms with Gasteiger partial charge < -0.3 is 20.1 Å². The van der Waals surface area contributed by atoms with Gasteiger partial charge in [0.05, 0.1) is 14.2 Å². The van der Waals surface area contributed by atoms with Crippen LogP contribution >= 0.6 is 0 Å². The highest BCUT2D eigenvalue weighted by Gasteiger charge is 2.12. The Morgan fingerprint density at radius 2 is 1.18 bits per heavy atom. The SMILES string of the molecule is COc1ccc(C(=O)Nc2ccc(C(=O)Nc3ccccc3)cc2)cc1OC. The van der Waals surface area contributed by atoms with Gasteiger partial charge in [0.1, 0.15) is 0 Å². The van der Waals surface area contributed by atoms with Gasteiger partial charge in [0.15, 0.2) is 11.5 Å². The molecular formula is C22H20N2O4. The first-order valence-corrected chi connectivity index (χ1v) is 8.60. The highest BCUT2D eigenvalue weighted by atomic mass is 16.5. The van der Waals surface area contributed by atoms with Gasteiger partial charge in [0, 0.05) is 22.5 Å². The highest BCUT2D eigenvalue weighted by Crippen LogP contribution is 2.27. The van der Waals surface area contributed by atoms with Gasteiger partial charge in [-0.15, -0.1) is 0 Å². The number of ether oxygens (including phenoxy) is 2. The second-order valence-corrected chi connectivity index (χ2v) is 5.92. The van der Waals surface area contributed by atoms with Crippen LogP contribution in [0, 0.1) is 0 Å². The molecule has 0 aliphatic carbocycles. The fourth-order valence-electron chi connectivity index (χ4n) is 2.61. The first-order chi connectivity index (χ1) is 13.6. The topological polar surface area (TPSA) is 76.7 Å². The summed E-state index contributed by atoms with van der Waals surface area (Å²) in [4.78, 5) is 24.7. The van der Waals surface area contributed by atoms with E-state index in [0.29, 0.717) is 28.3 Å². The van der Waals surface area contributed by atoms with Crippen molar-refractivity contribution < 1.29 is 19.1 Å². The molecule has 0 bridgehead atoms. The standard InChI is InChI=1S/C22H20N2O4/c1-27-19-13-10-16(14-20(19)28-2)22(26)24-18-11-8-15(9-12-18)21(25)23-17-6-4-3-5-7-17/h3-14H,1-2H3,(H,23,25)(H,24,26). The summed E-state index contributed by atoms with van der Waals surface area (Å²) >= 11 is 0. The molecule has 6 nitrogen and oxygen atoms in total. The van der Waals surface area contributed by atoms with Crippen molar-refractivity contribution in [3.63, 3.8) is 0 Å². The first-order valence-electron chi connectivity index (χ1n) is 8.60. The third-order valence-electron chi connectivity index (χ3n) is 4.08. The molecule has 3 rings (SSSR count). The summed E-state index contributed by atoms with van der Waals surface area (Å²) in [5.74, 6) is 0.516. The predicted molar refractivity (Wildman–Crippen MR) is 108 cm³/mol. The van der Waals surface area contributed by atoms with Gasteiger partial charge >= 0.3 is 0 Å². The van der Waals surface area contributed by atoms with E-state index in [9.17, 15) is 9.59 Å². The first kappa shape index (κ1) is 19.0. The Hall–Kier alpha value is -3.80. The number of amides is 2. The third kappa shape index (κ3) is 4.48. The smallest absolute Gasteiger partial charge is 0.255 e. The monoisotopic (exact) mass is 376 g/mol. The van der Waals surface area contributed by atoms with Gasteiger partial charge in [0.25, 0.3) is 11.8 Å². The maximum absolute atomic E-state index is 12.5. The maximum atomic E-state index is 12.5. The Bertz CT molecular complexity index is 970. The van der Waals surface area contributed by atoms with E-state index >= 15 is 0 Å². The summed E-state index contributed by atoms with van der Waals surface area (Å²) < 4.78 is 10.4. The number of rotatable bonds is 6. The second kappa shape index (κ2) is 8.73. The van der Waals surface area contributed by atoms with Crippen LogP contribution in [-0.4, -0.2) is 26.0 Å². The minimum Gasteiger partial charge on any atom is -0.493 e. The number of hydrogen-bond acceptors (Lipinski definition) is 4. The van der Waals surface area contributed by atoms with Crippen LogP contribution in [-0.2, 0) is 0 Å². The predicted octanol–water partition coefficient (Wildman–Crippen LogP) is 4.21. The number of nitrogens with one attached hydrogen (secondary N) is 2. The van der Waals surface area contributed by atoms with Crippen LogP contribution in [0.3, 0.4) is 0 Å². The average molecular weight is 376 g/mol. The number of hydrogen-bond donors (Lipinski definition) is 2. The number of anilines is 2. The molecule has 3 aromatic rings. The minimum atomic E-state index is -0.289. The lowest BCUT2D eigenvalue weighted by Gasteiger charge is -2.10. The third-order valence-corrected chi connectivity index (χ3v) is 4.08. The normalized spacial score (nSPS) is 10.1. The quantitative estimate of drug-likeness (QED) is 0.676. The summed E-state index contributed by atoms with van der Waals surface area (Å²) in [6.45, 7) is 0. The van der Waals surface area contributed by atoms with E-state index in [1.165, 1.54) is 14.2 Å². The molecule has 0 spiro atoms. The molecule has 28 heavy (non-hydrogen) atoms. The Labute approximate surface area is 163 Å². The van der Waals surface area contributed by atoms with E-state index in [2.05, 4.69) is 10.6 Å². The summed E-state index contributed by atoms with van der Waals surface area (Å²) in [6.07, 6.45) is 0. The van der Waals surface area contributed by atoms with Crippen LogP contribution in [0.5, 0.6) is 11.5 Å². The molecular weight excluding hydrogens is 356 g/mol. The summed E-state index contributed by atoms with van der Waals surface area (Å²) in [6, 6.07) is 20.8. The van der Waals surface area contributed by atoms with Crippen LogP contribution in [0.25, 0.3) is 0 Å². The number of benzene rings is 3. The number of methoxy groups -OCH3 is 2. The van der Waals surface area contributed by atoms with Gasteiger partial charge in [0.2, 0.25) is 0 Å². The molecule has 6 heteroatoms. The van der Waals surface area contributed by atoms with Crippen molar-refractivity contribution in [1.29, 1.82) is 0 Å². The number of carbonyl (C=O) groups is 2. The number of carbonyl (C=O) groups excluding carboxylic acids is 2. The van der Waals surface area contributed by atoms with E-state index in [1.807, 2.05) is 30.3 Å². The van der Waals surface area contributed by atoms with Gasteiger partial charge in [-0.05, 0) is 54.6 Å². The van der Waals surface area contributed by atoms with Crippen LogP contribution in [0.1, 0.15) is 20.7 Å². The maximum Gasteiger partial charge on any atom is 0.255 e. The highest BCUT2D eigenvalue weighted by molar-refractivity contribution is 6.06. The van der Waals surface area contributed by atoms with Crippen molar-refractivity contribution in [3.8, 4) is 11.5 Å². The average Bonchev–Trinajstić information content (AvgIpc) is 2.74. The molecule has 2 N–H and O–H groups in total.